The summed E-state index contributed by atoms with van der Waals surface area (Å²) < 4.78 is 0. The number of thiophene rings is 1. The minimum absolute atomic E-state index is 1.03. The molecule has 56 valence electrons. The number of nitrogens with one attached hydrogen (secondary N) is 1. The summed E-state index contributed by atoms with van der Waals surface area (Å²) in [5.74, 6) is 0. The third-order valence-electron chi connectivity index (χ3n) is 1.61. The van der Waals surface area contributed by atoms with Gasteiger partial charge in [0.25, 0.3) is 0 Å². The molecule has 0 atom stereocenters. The van der Waals surface area contributed by atoms with Gasteiger partial charge in [-0.15, -0.1) is 11.3 Å². The van der Waals surface area contributed by atoms with Gasteiger partial charge in [0.05, 0.1) is 0 Å². The molecule has 11 heavy (non-hydrogen) atoms. The molecular formula is C9H9NS. The Morgan fingerprint density at radius 3 is 2.91 bits per heavy atom. The SMILES string of the molecule is c1c[nH]c(Cc2cccs2)c1. The van der Waals surface area contributed by atoms with Gasteiger partial charge in [-0.2, -0.15) is 0 Å². The molecule has 0 unspecified atom stereocenters. The van der Waals surface area contributed by atoms with Gasteiger partial charge < -0.3 is 4.98 Å². The van der Waals surface area contributed by atoms with Crippen LogP contribution in [0.4, 0.5) is 0 Å². The highest BCUT2D eigenvalue weighted by atomic mass is 32.1. The molecule has 0 saturated heterocycles. The fourth-order valence-corrected chi connectivity index (χ4v) is 1.81. The van der Waals surface area contributed by atoms with E-state index in [2.05, 4.69) is 28.6 Å². The van der Waals surface area contributed by atoms with E-state index in [1.165, 1.54) is 10.6 Å². The van der Waals surface area contributed by atoms with Crippen LogP contribution in [-0.4, -0.2) is 4.98 Å². The Morgan fingerprint density at radius 1 is 1.27 bits per heavy atom. The number of H-pyrrole nitrogens is 1. The summed E-state index contributed by atoms with van der Waals surface area (Å²) in [6.45, 7) is 0. The van der Waals surface area contributed by atoms with E-state index in [0.29, 0.717) is 0 Å². The van der Waals surface area contributed by atoms with Crippen LogP contribution in [0.3, 0.4) is 0 Å². The van der Waals surface area contributed by atoms with E-state index in [4.69, 9.17) is 0 Å². The maximum Gasteiger partial charge on any atom is 0.0221 e. The van der Waals surface area contributed by atoms with E-state index >= 15 is 0 Å². The van der Waals surface area contributed by atoms with Gasteiger partial charge in [-0.25, -0.2) is 0 Å². The van der Waals surface area contributed by atoms with Crippen molar-refractivity contribution in [3.05, 3.63) is 46.4 Å². The quantitative estimate of drug-likeness (QED) is 0.700. The van der Waals surface area contributed by atoms with Gasteiger partial charge in [-0.05, 0) is 23.6 Å². The van der Waals surface area contributed by atoms with Gasteiger partial charge in [0.15, 0.2) is 0 Å². The molecule has 2 heteroatoms. The second-order valence-corrected chi connectivity index (χ2v) is 3.48. The van der Waals surface area contributed by atoms with E-state index < -0.39 is 0 Å². The zero-order chi connectivity index (χ0) is 7.52. The molecule has 0 aliphatic carbocycles. The van der Waals surface area contributed by atoms with Gasteiger partial charge in [-0.3, -0.25) is 0 Å². The first-order chi connectivity index (χ1) is 5.45. The molecule has 1 N–H and O–H groups in total. The van der Waals surface area contributed by atoms with Crippen LogP contribution in [-0.2, 0) is 6.42 Å². The van der Waals surface area contributed by atoms with Crippen LogP contribution in [0.1, 0.15) is 10.6 Å². The summed E-state index contributed by atoms with van der Waals surface area (Å²) >= 11 is 1.80. The topological polar surface area (TPSA) is 15.8 Å². The van der Waals surface area contributed by atoms with Crippen molar-refractivity contribution in [2.45, 2.75) is 6.42 Å². The molecule has 0 fully saturated rings. The zero-order valence-electron chi connectivity index (χ0n) is 6.08. The highest BCUT2D eigenvalue weighted by molar-refractivity contribution is 7.09. The molecule has 0 aliphatic rings. The summed E-state index contributed by atoms with van der Waals surface area (Å²) in [5, 5.41) is 2.11. The molecule has 0 saturated carbocycles. The minimum atomic E-state index is 1.03. The van der Waals surface area contributed by atoms with Crippen LogP contribution >= 0.6 is 11.3 Å². The van der Waals surface area contributed by atoms with Crippen molar-refractivity contribution < 1.29 is 0 Å². The number of rotatable bonds is 2. The van der Waals surface area contributed by atoms with Crippen LogP contribution in [0.2, 0.25) is 0 Å². The predicted molar refractivity (Wildman–Crippen MR) is 47.9 cm³/mol. The fourth-order valence-electron chi connectivity index (χ4n) is 1.08. The second-order valence-electron chi connectivity index (χ2n) is 2.45. The van der Waals surface area contributed by atoms with Gasteiger partial charge in [-0.1, -0.05) is 6.07 Å². The van der Waals surface area contributed by atoms with E-state index in [1.807, 2.05) is 12.3 Å². The first-order valence-corrected chi connectivity index (χ1v) is 4.48. The summed E-state index contributed by atoms with van der Waals surface area (Å²) in [6.07, 6.45) is 2.99. The van der Waals surface area contributed by atoms with Crippen LogP contribution < -0.4 is 0 Å². The third-order valence-corrected chi connectivity index (χ3v) is 2.48. The van der Waals surface area contributed by atoms with Gasteiger partial charge in [0.2, 0.25) is 0 Å². The molecule has 0 radical (unpaired) electrons. The molecule has 0 bridgehead atoms. The van der Waals surface area contributed by atoms with Gasteiger partial charge in [0, 0.05) is 23.2 Å². The molecule has 2 aromatic heterocycles. The first-order valence-electron chi connectivity index (χ1n) is 3.60. The zero-order valence-corrected chi connectivity index (χ0v) is 6.90. The van der Waals surface area contributed by atoms with E-state index in [9.17, 15) is 0 Å². The summed E-state index contributed by atoms with van der Waals surface area (Å²) in [7, 11) is 0. The largest absolute Gasteiger partial charge is 0.365 e. The molecular weight excluding hydrogens is 154 g/mol. The fraction of sp³-hybridized carbons (Fsp3) is 0.111. The van der Waals surface area contributed by atoms with Crippen molar-refractivity contribution >= 4 is 11.3 Å². The predicted octanol–water partition coefficient (Wildman–Crippen LogP) is 2.67. The molecule has 2 rings (SSSR count). The van der Waals surface area contributed by atoms with Gasteiger partial charge in [0.1, 0.15) is 0 Å². The van der Waals surface area contributed by atoms with Crippen molar-refractivity contribution in [2.75, 3.05) is 0 Å². The Labute approximate surface area is 69.7 Å². The maximum atomic E-state index is 3.18. The van der Waals surface area contributed by atoms with Crippen molar-refractivity contribution in [3.8, 4) is 0 Å². The lowest BCUT2D eigenvalue weighted by Crippen LogP contribution is -1.81. The standard InChI is InChI=1S/C9H9NS/c1-3-8(10-5-1)7-9-4-2-6-11-9/h1-6,10H,7H2. The molecule has 0 spiro atoms. The maximum absolute atomic E-state index is 3.18. The second kappa shape index (κ2) is 2.93. The van der Waals surface area contributed by atoms with Crippen molar-refractivity contribution in [3.63, 3.8) is 0 Å². The van der Waals surface area contributed by atoms with Gasteiger partial charge >= 0.3 is 0 Å². The Hall–Kier alpha value is -1.02. The molecule has 0 amide bonds. The number of hydrogen-bond donors (Lipinski definition) is 1. The molecule has 2 aromatic rings. The first kappa shape index (κ1) is 6.68. The molecule has 0 aliphatic heterocycles. The van der Waals surface area contributed by atoms with Crippen LogP contribution in [0.15, 0.2) is 35.8 Å². The third kappa shape index (κ3) is 1.52. The number of hydrogen-bond acceptors (Lipinski definition) is 1. The lowest BCUT2D eigenvalue weighted by Gasteiger charge is -1.91. The molecule has 2 heterocycles. The van der Waals surface area contributed by atoms with Crippen LogP contribution in [0.5, 0.6) is 0 Å². The van der Waals surface area contributed by atoms with E-state index in [1.54, 1.807) is 11.3 Å². The molecule has 1 nitrogen and oxygen atoms in total. The highest BCUT2D eigenvalue weighted by Crippen LogP contribution is 2.12. The monoisotopic (exact) mass is 163 g/mol. The Balaban J connectivity index is 2.14. The Morgan fingerprint density at radius 2 is 2.27 bits per heavy atom. The van der Waals surface area contributed by atoms with Crippen molar-refractivity contribution in [1.82, 2.24) is 4.98 Å². The summed E-state index contributed by atoms with van der Waals surface area (Å²) in [4.78, 5) is 4.59. The average molecular weight is 163 g/mol. The number of aromatic nitrogens is 1. The molecule has 0 aromatic carbocycles. The van der Waals surface area contributed by atoms with Crippen LogP contribution in [0.25, 0.3) is 0 Å². The lowest BCUT2D eigenvalue weighted by atomic mass is 10.3. The lowest BCUT2D eigenvalue weighted by molar-refractivity contribution is 1.13. The highest BCUT2D eigenvalue weighted by Gasteiger charge is 1.95. The van der Waals surface area contributed by atoms with Crippen LogP contribution in [0, 0.1) is 0 Å². The summed E-state index contributed by atoms with van der Waals surface area (Å²) in [5.41, 5.74) is 1.28. The van der Waals surface area contributed by atoms with Crippen molar-refractivity contribution in [2.24, 2.45) is 0 Å². The van der Waals surface area contributed by atoms with E-state index in [-0.39, 0.29) is 0 Å². The number of aromatic amines is 1. The smallest absolute Gasteiger partial charge is 0.0221 e. The van der Waals surface area contributed by atoms with Crippen molar-refractivity contribution in [1.29, 1.82) is 0 Å². The normalized spacial score (nSPS) is 10.2. The minimum Gasteiger partial charge on any atom is -0.365 e. The Bertz CT molecular complexity index is 262. The Kier molecular flexibility index (Phi) is 1.78. The van der Waals surface area contributed by atoms with E-state index in [0.717, 1.165) is 6.42 Å². The summed E-state index contributed by atoms with van der Waals surface area (Å²) in [6, 6.07) is 8.39. The average Bonchev–Trinajstić information content (AvgIpc) is 2.60.